The summed E-state index contributed by atoms with van der Waals surface area (Å²) in [6.07, 6.45) is 24.5. The maximum absolute atomic E-state index is 13.2. The third kappa shape index (κ3) is 20.0. The average molecular weight is 1050 g/mol. The Balaban J connectivity index is 0.000000369. The largest absolute Gasteiger partial charge is 1.00 e. The average Bonchev–Trinajstić information content (AvgIpc) is 4.05. The van der Waals surface area contributed by atoms with E-state index in [0.29, 0.717) is 47.0 Å². The van der Waals surface area contributed by atoms with Crippen molar-refractivity contribution in [3.05, 3.63) is 232 Å². The molecule has 0 unspecified atom stereocenters. The van der Waals surface area contributed by atoms with E-state index in [-0.39, 0.29) is 64.1 Å². The van der Waals surface area contributed by atoms with Gasteiger partial charge in [0, 0.05) is 95.3 Å². The molecule has 0 aliphatic carbocycles. The zero-order chi connectivity index (χ0) is 48.5. The number of imidazole rings is 2. The molecule has 7 aromatic heterocycles. The smallest absolute Gasteiger partial charge is 0.358 e. The van der Waals surface area contributed by atoms with Crippen LogP contribution in [0.2, 0.25) is 0 Å². The van der Waals surface area contributed by atoms with Gasteiger partial charge < -0.3 is 33.3 Å². The van der Waals surface area contributed by atoms with E-state index < -0.39 is 0 Å². The maximum Gasteiger partial charge on any atom is 1.00 e. The molecule has 7 heterocycles. The maximum atomic E-state index is 13.2. The van der Waals surface area contributed by atoms with Crippen molar-refractivity contribution >= 4 is 44.8 Å². The van der Waals surface area contributed by atoms with Gasteiger partial charge in [-0.3, -0.25) is 19.6 Å². The number of amides is 2. The molecule has 0 bridgehead atoms. The number of aromatic nitrogens is 12. The van der Waals surface area contributed by atoms with Gasteiger partial charge in [0.05, 0.1) is 48.9 Å². The van der Waals surface area contributed by atoms with Gasteiger partial charge in [-0.1, -0.05) is 81.4 Å². The quantitative estimate of drug-likeness (QED) is 0.0456. The Kier molecular flexibility index (Phi) is 29.5. The predicted molar refractivity (Wildman–Crippen MR) is 284 cm³/mol. The molecule has 0 fully saturated rings. The van der Waals surface area contributed by atoms with Crippen molar-refractivity contribution in [2.24, 2.45) is 0 Å². The van der Waals surface area contributed by atoms with Gasteiger partial charge in [0.15, 0.2) is 10.3 Å². The summed E-state index contributed by atoms with van der Waals surface area (Å²) in [5.74, 6) is 1.14. The molecule has 9 aromatic rings. The van der Waals surface area contributed by atoms with Crippen LogP contribution in [-0.2, 0) is 38.1 Å². The fourth-order valence-electron chi connectivity index (χ4n) is 6.05. The fraction of sp³-hybridized carbons (Fsp3) is 0.170. The number of pyridine rings is 2. The van der Waals surface area contributed by atoms with Crippen molar-refractivity contribution in [1.82, 2.24) is 59.0 Å². The van der Waals surface area contributed by atoms with E-state index >= 15 is 0 Å². The van der Waals surface area contributed by atoms with Crippen molar-refractivity contribution < 1.29 is 47.0 Å². The van der Waals surface area contributed by atoms with Crippen molar-refractivity contribution in [3.63, 3.8) is 0 Å². The summed E-state index contributed by atoms with van der Waals surface area (Å²) >= 11 is 0. The third-order valence-corrected chi connectivity index (χ3v) is 11.7. The van der Waals surface area contributed by atoms with Crippen LogP contribution in [-0.4, -0.2) is 84.9 Å². The minimum atomic E-state index is -0.151. The number of anilines is 2. The predicted octanol–water partition coefficient (Wildman–Crippen LogP) is 7.36. The van der Waals surface area contributed by atoms with Crippen LogP contribution >= 0.6 is 21.6 Å². The second-order valence-corrected chi connectivity index (χ2v) is 16.7. The van der Waals surface area contributed by atoms with Crippen molar-refractivity contribution in [1.29, 1.82) is 0 Å². The van der Waals surface area contributed by atoms with Crippen molar-refractivity contribution in [2.45, 2.75) is 57.0 Å². The van der Waals surface area contributed by atoms with E-state index in [4.69, 9.17) is 0 Å². The number of rotatable bonds is 14. The van der Waals surface area contributed by atoms with Crippen LogP contribution in [0, 0.1) is 14.4 Å². The topological polar surface area (TPSA) is 179 Å². The van der Waals surface area contributed by atoms with E-state index in [2.05, 4.69) is 63.7 Å². The number of benzene rings is 2. The Labute approximate surface area is 460 Å². The second-order valence-electron chi connectivity index (χ2n) is 14.6. The first-order chi connectivity index (χ1) is 33.8. The molecule has 73 heavy (non-hydrogen) atoms. The fourth-order valence-corrected chi connectivity index (χ4v) is 7.58. The molecule has 371 valence electrons. The number of carbonyl (C=O) groups excluding carboxylic acids is 2. The zero-order valence-electron chi connectivity index (χ0n) is 40.9. The molecule has 20 heteroatoms. The van der Waals surface area contributed by atoms with E-state index in [9.17, 15) is 9.59 Å². The Hall–Kier alpha value is -6.78. The SMILES string of the molecule is C.CN(C(=O)c1cnc(Cc2ncccn2)n1Cc1ccccc1)c1cccnc1.CN(C(=O)c1cncn1Cc1ccccc1)c1cccnc1.[CH2-]CCC.[CH3-].[Li+].[V].c1cnc(SSc2ncccn2)nc1. The first kappa shape index (κ1) is 62.3. The molecule has 2 amide bonds. The summed E-state index contributed by atoms with van der Waals surface area (Å²) in [5.41, 5.74) is 4.73. The van der Waals surface area contributed by atoms with E-state index in [1.807, 2.05) is 81.9 Å². The van der Waals surface area contributed by atoms with Gasteiger partial charge in [-0.15, -0.1) is 0 Å². The van der Waals surface area contributed by atoms with Crippen LogP contribution in [0.3, 0.4) is 0 Å². The summed E-state index contributed by atoms with van der Waals surface area (Å²) < 4.78 is 3.78. The molecule has 0 saturated heterocycles. The van der Waals surface area contributed by atoms with Gasteiger partial charge in [-0.25, -0.2) is 39.9 Å². The molecular formula is C53H58LiN14O2S2V-. The summed E-state index contributed by atoms with van der Waals surface area (Å²) in [5, 5.41) is 1.43. The van der Waals surface area contributed by atoms with Crippen LogP contribution in [0.4, 0.5) is 11.4 Å². The first-order valence-corrected chi connectivity index (χ1v) is 23.9. The monoisotopic (exact) mass is 1040 g/mol. The number of hydrogen-bond donors (Lipinski definition) is 0. The van der Waals surface area contributed by atoms with Gasteiger partial charge in [-0.2, -0.15) is 6.42 Å². The normalized spacial score (nSPS) is 9.70. The second kappa shape index (κ2) is 34.6. The standard InChI is InChI=1S/C22H20N6O.C17H16N4O.C8H6N4S2.C4H9.CH4.CH3.Li.V/c1-27(18-9-5-10-23-14-18)22(29)19-15-26-21(13-20-24-11-6-12-25-20)28(19)16-17-7-3-2-4-8-17;1-20(15-8-5-9-18-10-15)17(22)16-11-19-13-21(16)12-14-6-3-2-4-7-14;1-3-9-7(10-4-1)13-14-8-11-5-2-6-12-8;1-3-4-2;;;;/h2-12,14-15H,13,16H2,1H3;2-11,13H,12H2,1H3;1-6H;1,3-4H2,2H3;1H4;1H3;;/q;;;-1;;-1;+1;. The van der Waals surface area contributed by atoms with E-state index in [1.165, 1.54) is 28.0 Å². The summed E-state index contributed by atoms with van der Waals surface area (Å²) in [4.78, 5) is 70.7. The van der Waals surface area contributed by atoms with Crippen LogP contribution in [0.5, 0.6) is 0 Å². The Morgan fingerprint density at radius 3 is 1.47 bits per heavy atom. The summed E-state index contributed by atoms with van der Waals surface area (Å²) in [6, 6.07) is 32.6. The molecule has 0 spiro atoms. The van der Waals surface area contributed by atoms with Gasteiger partial charge >= 0.3 is 18.9 Å². The molecule has 0 atom stereocenters. The molecule has 0 N–H and O–H groups in total. The number of hydrogen-bond acceptors (Lipinski definition) is 14. The van der Waals surface area contributed by atoms with Gasteiger partial charge in [0.1, 0.15) is 23.0 Å². The summed E-state index contributed by atoms with van der Waals surface area (Å²) in [7, 11) is 6.36. The minimum absolute atomic E-state index is 0. The zero-order valence-corrected chi connectivity index (χ0v) is 43.9. The molecule has 9 rings (SSSR count). The van der Waals surface area contributed by atoms with Crippen LogP contribution in [0.15, 0.2) is 194 Å². The van der Waals surface area contributed by atoms with Gasteiger partial charge in [0.25, 0.3) is 11.8 Å². The van der Waals surface area contributed by atoms with Crippen molar-refractivity contribution in [3.8, 4) is 0 Å². The van der Waals surface area contributed by atoms with Crippen molar-refractivity contribution in [2.75, 3.05) is 23.9 Å². The minimum Gasteiger partial charge on any atom is -0.358 e. The Bertz CT molecular complexity index is 2820. The Morgan fingerprint density at radius 1 is 0.562 bits per heavy atom. The number of carbonyl (C=O) groups is 2. The van der Waals surface area contributed by atoms with E-state index in [0.717, 1.165) is 34.7 Å². The van der Waals surface area contributed by atoms with Crippen LogP contribution in [0.1, 0.15) is 70.9 Å². The molecule has 0 saturated carbocycles. The molecule has 0 aliphatic heterocycles. The summed E-state index contributed by atoms with van der Waals surface area (Å²) in [6.45, 7) is 6.87. The molecule has 2 aromatic carbocycles. The number of unbranched alkanes of at least 4 members (excludes halogenated alkanes) is 1. The van der Waals surface area contributed by atoms with Crippen LogP contribution in [0.25, 0.3) is 0 Å². The molecule has 16 nitrogen and oxygen atoms in total. The van der Waals surface area contributed by atoms with Crippen LogP contribution < -0.4 is 28.7 Å². The molecule has 0 aliphatic rings. The molecular weight excluding hydrogens is 987 g/mol. The molecule has 1 radical (unpaired) electrons. The van der Waals surface area contributed by atoms with Gasteiger partial charge in [0.2, 0.25) is 0 Å². The number of nitrogens with zero attached hydrogens (tertiary/aromatic N) is 14. The Morgan fingerprint density at radius 2 is 1.01 bits per heavy atom. The third-order valence-electron chi connectivity index (χ3n) is 9.71. The van der Waals surface area contributed by atoms with E-state index in [1.54, 1.807) is 135 Å². The first-order valence-electron chi connectivity index (χ1n) is 21.8. The van der Waals surface area contributed by atoms with Gasteiger partial charge in [-0.05, 0) is 75.2 Å².